The van der Waals surface area contributed by atoms with Crippen LogP contribution in [0.2, 0.25) is 0 Å². The third-order valence-corrected chi connectivity index (χ3v) is 3.38. The van der Waals surface area contributed by atoms with E-state index in [4.69, 9.17) is 5.73 Å². The van der Waals surface area contributed by atoms with E-state index in [1.807, 2.05) is 18.2 Å². The van der Waals surface area contributed by atoms with E-state index < -0.39 is 0 Å². The highest BCUT2D eigenvalue weighted by Gasteiger charge is 2.07. The van der Waals surface area contributed by atoms with Crippen molar-refractivity contribution in [1.29, 1.82) is 0 Å². The van der Waals surface area contributed by atoms with Crippen molar-refractivity contribution >= 4 is 22.7 Å². The van der Waals surface area contributed by atoms with Crippen molar-refractivity contribution in [3.63, 3.8) is 0 Å². The summed E-state index contributed by atoms with van der Waals surface area (Å²) in [5, 5.41) is 2.76. The Morgan fingerprint density at radius 3 is 2.75 bits per heavy atom. The molecule has 0 atom stereocenters. The van der Waals surface area contributed by atoms with Crippen LogP contribution in [0.15, 0.2) is 35.4 Å². The zero-order valence-electron chi connectivity index (χ0n) is 9.60. The van der Waals surface area contributed by atoms with Gasteiger partial charge in [-0.2, -0.15) is 0 Å². The molecule has 0 aliphatic carbocycles. The van der Waals surface area contributed by atoms with Crippen LogP contribution < -0.4 is 5.73 Å². The lowest BCUT2D eigenvalue weighted by molar-refractivity contribution is 0.973. The van der Waals surface area contributed by atoms with E-state index in [9.17, 15) is 0 Å². The van der Waals surface area contributed by atoms with Gasteiger partial charge in [0.1, 0.15) is 5.03 Å². The van der Waals surface area contributed by atoms with Crippen LogP contribution in [0.1, 0.15) is 19.4 Å². The second kappa shape index (κ2) is 4.85. The van der Waals surface area contributed by atoms with Crippen LogP contribution in [0.4, 0.5) is 0 Å². The van der Waals surface area contributed by atoms with Crippen molar-refractivity contribution in [2.45, 2.75) is 30.7 Å². The van der Waals surface area contributed by atoms with Crippen molar-refractivity contribution in [3.05, 3.63) is 35.9 Å². The lowest BCUT2D eigenvalue weighted by atomic mass is 10.1. The van der Waals surface area contributed by atoms with Gasteiger partial charge in [-0.25, -0.2) is 4.98 Å². The van der Waals surface area contributed by atoms with Crippen LogP contribution in [-0.4, -0.2) is 10.2 Å². The van der Waals surface area contributed by atoms with E-state index in [-0.39, 0.29) is 0 Å². The lowest BCUT2D eigenvalue weighted by Gasteiger charge is -2.10. The molecule has 1 aromatic heterocycles. The first kappa shape index (κ1) is 11.4. The average Bonchev–Trinajstić information content (AvgIpc) is 2.27. The van der Waals surface area contributed by atoms with Crippen molar-refractivity contribution in [1.82, 2.24) is 4.98 Å². The van der Waals surface area contributed by atoms with Gasteiger partial charge in [0.05, 0.1) is 5.52 Å². The molecule has 1 heterocycles. The fourth-order valence-corrected chi connectivity index (χ4v) is 2.50. The van der Waals surface area contributed by atoms with E-state index in [1.165, 1.54) is 0 Å². The van der Waals surface area contributed by atoms with Crippen molar-refractivity contribution < 1.29 is 0 Å². The summed E-state index contributed by atoms with van der Waals surface area (Å²) < 4.78 is 0. The molecule has 84 valence electrons. The fourth-order valence-electron chi connectivity index (χ4n) is 1.61. The van der Waals surface area contributed by atoms with E-state index >= 15 is 0 Å². The minimum atomic E-state index is 0.527. The molecule has 0 saturated heterocycles. The summed E-state index contributed by atoms with van der Waals surface area (Å²) in [7, 11) is 0. The Labute approximate surface area is 100 Å². The first-order valence-electron chi connectivity index (χ1n) is 5.46. The monoisotopic (exact) mass is 232 g/mol. The van der Waals surface area contributed by atoms with Gasteiger partial charge in [-0.1, -0.05) is 32.0 Å². The fraction of sp³-hybridized carbons (Fsp3) is 0.308. The number of nitrogens with zero attached hydrogens (tertiary/aromatic N) is 1. The number of para-hydroxylation sites is 1. The normalized spacial score (nSPS) is 11.2. The predicted molar refractivity (Wildman–Crippen MR) is 70.6 cm³/mol. The van der Waals surface area contributed by atoms with Crippen LogP contribution >= 0.6 is 11.8 Å². The molecule has 0 aliphatic rings. The molecule has 0 amide bonds. The van der Waals surface area contributed by atoms with Gasteiger partial charge >= 0.3 is 0 Å². The number of rotatable bonds is 3. The Hall–Kier alpha value is -1.06. The molecule has 0 aliphatic heterocycles. The lowest BCUT2D eigenvalue weighted by Crippen LogP contribution is -2.02. The molecule has 16 heavy (non-hydrogen) atoms. The maximum atomic E-state index is 5.76. The Morgan fingerprint density at radius 2 is 2.06 bits per heavy atom. The highest BCUT2D eigenvalue weighted by atomic mass is 32.2. The average molecular weight is 232 g/mol. The number of fused-ring (bicyclic) bond motifs is 1. The molecule has 3 heteroatoms. The number of thioether (sulfide) groups is 1. The molecule has 1 aromatic carbocycles. The largest absolute Gasteiger partial charge is 0.326 e. The Balaban J connectivity index is 2.53. The first-order chi connectivity index (χ1) is 7.70. The topological polar surface area (TPSA) is 38.9 Å². The van der Waals surface area contributed by atoms with E-state index in [0.717, 1.165) is 21.5 Å². The number of hydrogen-bond acceptors (Lipinski definition) is 3. The molecule has 2 nitrogen and oxygen atoms in total. The summed E-state index contributed by atoms with van der Waals surface area (Å²) in [6, 6.07) is 10.3. The Bertz CT molecular complexity index is 494. The molecule has 2 aromatic rings. The van der Waals surface area contributed by atoms with E-state index in [0.29, 0.717) is 11.8 Å². The summed E-state index contributed by atoms with van der Waals surface area (Å²) in [6.07, 6.45) is 0. The van der Waals surface area contributed by atoms with Crippen LogP contribution in [-0.2, 0) is 6.54 Å². The predicted octanol–water partition coefficient (Wildman–Crippen LogP) is 3.19. The molecule has 2 rings (SSSR count). The Kier molecular flexibility index (Phi) is 3.46. The number of aromatic nitrogens is 1. The van der Waals surface area contributed by atoms with Gasteiger partial charge in [0.15, 0.2) is 0 Å². The van der Waals surface area contributed by atoms with Crippen LogP contribution in [0, 0.1) is 0 Å². The summed E-state index contributed by atoms with van der Waals surface area (Å²) in [6.45, 7) is 4.89. The van der Waals surface area contributed by atoms with Gasteiger partial charge in [0, 0.05) is 17.2 Å². The molecular formula is C13H16N2S. The number of nitrogens with two attached hydrogens (primary N) is 1. The third kappa shape index (κ3) is 2.36. The standard InChI is InChI=1S/C13H16N2S/c1-9(2)16-13-11(8-14)7-10-5-3-4-6-12(10)15-13/h3-7,9H,8,14H2,1-2H3. The minimum absolute atomic E-state index is 0.527. The van der Waals surface area contributed by atoms with Crippen molar-refractivity contribution in [3.8, 4) is 0 Å². The second-order valence-electron chi connectivity index (χ2n) is 4.02. The van der Waals surface area contributed by atoms with Gasteiger partial charge in [-0.05, 0) is 17.7 Å². The van der Waals surface area contributed by atoms with Gasteiger partial charge < -0.3 is 5.73 Å². The molecule has 0 bridgehead atoms. The summed E-state index contributed by atoms with van der Waals surface area (Å²) in [5.74, 6) is 0. The second-order valence-corrected chi connectivity index (χ2v) is 5.58. The molecule has 2 N–H and O–H groups in total. The summed E-state index contributed by atoms with van der Waals surface area (Å²) in [5.41, 5.74) is 7.94. The number of pyridine rings is 1. The SMILES string of the molecule is CC(C)Sc1nc2ccccc2cc1CN. The van der Waals surface area contributed by atoms with E-state index in [1.54, 1.807) is 11.8 Å². The quantitative estimate of drug-likeness (QED) is 0.826. The molecule has 0 spiro atoms. The minimum Gasteiger partial charge on any atom is -0.326 e. The molecular weight excluding hydrogens is 216 g/mol. The maximum absolute atomic E-state index is 5.76. The van der Waals surface area contributed by atoms with Crippen molar-refractivity contribution in [2.75, 3.05) is 0 Å². The highest BCUT2D eigenvalue weighted by molar-refractivity contribution is 7.99. The molecule has 0 radical (unpaired) electrons. The maximum Gasteiger partial charge on any atom is 0.101 e. The van der Waals surface area contributed by atoms with E-state index in [2.05, 4.69) is 31.0 Å². The number of hydrogen-bond donors (Lipinski definition) is 1. The van der Waals surface area contributed by atoms with Crippen LogP contribution in [0.5, 0.6) is 0 Å². The van der Waals surface area contributed by atoms with Crippen LogP contribution in [0.3, 0.4) is 0 Å². The van der Waals surface area contributed by atoms with Gasteiger partial charge in [-0.15, -0.1) is 11.8 Å². The zero-order chi connectivity index (χ0) is 11.5. The first-order valence-corrected chi connectivity index (χ1v) is 6.34. The van der Waals surface area contributed by atoms with Crippen LogP contribution in [0.25, 0.3) is 10.9 Å². The van der Waals surface area contributed by atoms with Gasteiger partial charge in [0.2, 0.25) is 0 Å². The molecule has 0 unspecified atom stereocenters. The number of benzene rings is 1. The zero-order valence-corrected chi connectivity index (χ0v) is 10.4. The summed E-state index contributed by atoms with van der Waals surface area (Å²) >= 11 is 1.77. The summed E-state index contributed by atoms with van der Waals surface area (Å²) in [4.78, 5) is 4.67. The van der Waals surface area contributed by atoms with Gasteiger partial charge in [0.25, 0.3) is 0 Å². The third-order valence-electron chi connectivity index (χ3n) is 2.33. The van der Waals surface area contributed by atoms with Crippen molar-refractivity contribution in [2.24, 2.45) is 5.73 Å². The Morgan fingerprint density at radius 1 is 1.31 bits per heavy atom. The highest BCUT2D eigenvalue weighted by Crippen LogP contribution is 2.27. The molecule has 0 fully saturated rings. The smallest absolute Gasteiger partial charge is 0.101 e. The van der Waals surface area contributed by atoms with Gasteiger partial charge in [-0.3, -0.25) is 0 Å². The molecule has 0 saturated carbocycles.